The number of nitrogens with two attached hydrogens (primary N) is 1. The minimum absolute atomic E-state index is 0.343. The van der Waals surface area contributed by atoms with Gasteiger partial charge in [-0.3, -0.25) is 4.79 Å². The fourth-order valence-corrected chi connectivity index (χ4v) is 2.80. The van der Waals surface area contributed by atoms with E-state index >= 15 is 0 Å². The van der Waals surface area contributed by atoms with Crippen LogP contribution in [0.4, 0.5) is 0 Å². The number of hydrogen-bond acceptors (Lipinski definition) is 3. The van der Waals surface area contributed by atoms with Crippen LogP contribution in [0, 0.1) is 0 Å². The van der Waals surface area contributed by atoms with E-state index in [0.29, 0.717) is 29.8 Å². The van der Waals surface area contributed by atoms with Crippen molar-refractivity contribution in [1.82, 2.24) is 0 Å². The molecular weight excluding hydrogens is 236 g/mol. The van der Waals surface area contributed by atoms with Crippen molar-refractivity contribution in [2.75, 3.05) is 0 Å². The molecular formula is C12H15BClNO2. The molecule has 1 saturated carbocycles. The first kappa shape index (κ1) is 12.6. The molecule has 1 aromatic rings. The molecule has 3 N–H and O–H groups in total. The number of hydrogen-bond donors (Lipinski definition) is 2. The van der Waals surface area contributed by atoms with Crippen molar-refractivity contribution in [2.45, 2.75) is 30.3 Å². The average Bonchev–Trinajstić information content (AvgIpc) is 2.26. The quantitative estimate of drug-likeness (QED) is 0.717. The van der Waals surface area contributed by atoms with E-state index in [1.165, 1.54) is 7.85 Å². The van der Waals surface area contributed by atoms with Crippen molar-refractivity contribution in [2.24, 2.45) is 5.73 Å². The van der Waals surface area contributed by atoms with Gasteiger partial charge in [-0.1, -0.05) is 29.8 Å². The summed E-state index contributed by atoms with van der Waals surface area (Å²) in [4.78, 5) is 12.3. The number of rotatable bonds is 1. The molecule has 1 aromatic carbocycles. The van der Waals surface area contributed by atoms with Crippen molar-refractivity contribution < 1.29 is 9.90 Å². The van der Waals surface area contributed by atoms with Gasteiger partial charge in [0.05, 0.1) is 5.50 Å². The summed E-state index contributed by atoms with van der Waals surface area (Å²) in [6.45, 7) is 0. The van der Waals surface area contributed by atoms with Gasteiger partial charge in [0, 0.05) is 5.02 Å². The van der Waals surface area contributed by atoms with E-state index in [4.69, 9.17) is 17.3 Å². The van der Waals surface area contributed by atoms with Crippen LogP contribution in [0.3, 0.4) is 0 Å². The zero-order chi connectivity index (χ0) is 12.7. The lowest BCUT2D eigenvalue weighted by atomic mass is 9.61. The Balaban J connectivity index is 2.49. The molecule has 0 aliphatic heterocycles. The zero-order valence-corrected chi connectivity index (χ0v) is 10.5. The van der Waals surface area contributed by atoms with Gasteiger partial charge in [-0.25, -0.2) is 0 Å². The summed E-state index contributed by atoms with van der Waals surface area (Å²) in [5.74, 6) is -0.343. The highest BCUT2D eigenvalue weighted by atomic mass is 35.5. The molecule has 2 unspecified atom stereocenters. The molecule has 0 saturated heterocycles. The Bertz CT molecular complexity index is 464. The Labute approximate surface area is 106 Å². The lowest BCUT2D eigenvalue weighted by molar-refractivity contribution is -0.140. The molecule has 90 valence electrons. The van der Waals surface area contributed by atoms with Crippen LogP contribution in [-0.2, 0) is 10.3 Å². The molecule has 2 atom stereocenters. The average molecular weight is 252 g/mol. The smallest absolute Gasteiger partial charge is 0.179 e. The number of carbonyl (C=O) groups excluding carboxylic acids is 1. The van der Waals surface area contributed by atoms with Crippen LogP contribution >= 0.6 is 11.6 Å². The third kappa shape index (κ3) is 2.01. The van der Waals surface area contributed by atoms with Crippen molar-refractivity contribution in [3.05, 3.63) is 34.9 Å². The lowest BCUT2D eigenvalue weighted by Gasteiger charge is -2.40. The first-order valence-corrected chi connectivity index (χ1v) is 6.07. The summed E-state index contributed by atoms with van der Waals surface area (Å²) in [5, 5.41) is 10.5. The number of carbonyl (C=O) groups is 1. The minimum atomic E-state index is -1.35. The summed E-state index contributed by atoms with van der Waals surface area (Å²) >= 11 is 6.09. The first-order valence-electron chi connectivity index (χ1n) is 5.69. The van der Waals surface area contributed by atoms with E-state index in [2.05, 4.69) is 0 Å². The molecule has 3 nitrogen and oxygen atoms in total. The molecule has 1 aliphatic rings. The molecule has 0 heterocycles. The van der Waals surface area contributed by atoms with E-state index in [9.17, 15) is 9.90 Å². The largest absolute Gasteiger partial charge is 0.391 e. The maximum atomic E-state index is 12.3. The Kier molecular flexibility index (Phi) is 3.06. The van der Waals surface area contributed by atoms with Gasteiger partial charge in [0.25, 0.3) is 0 Å². The molecule has 2 rings (SSSR count). The molecule has 0 amide bonds. The predicted molar refractivity (Wildman–Crippen MR) is 69.7 cm³/mol. The van der Waals surface area contributed by atoms with Gasteiger partial charge in [0.2, 0.25) is 0 Å². The second-order valence-electron chi connectivity index (χ2n) is 4.91. The Morgan fingerprint density at radius 1 is 1.35 bits per heavy atom. The highest BCUT2D eigenvalue weighted by molar-refractivity contribution is 6.33. The lowest BCUT2D eigenvalue weighted by Crippen LogP contribution is -2.59. The fourth-order valence-electron chi connectivity index (χ4n) is 2.50. The van der Waals surface area contributed by atoms with E-state index in [1.54, 1.807) is 24.3 Å². The summed E-state index contributed by atoms with van der Waals surface area (Å²) in [6.07, 6.45) is 1.68. The molecule has 0 aromatic heterocycles. The maximum Gasteiger partial charge on any atom is 0.179 e. The molecule has 1 aliphatic carbocycles. The number of Topliss-reactive ketones (excluding diaryl/α,β-unsaturated/α-hetero) is 1. The SMILES string of the molecule is BC1(O)CCCC(N)(c2ccccc2Cl)C1=O. The molecule has 0 spiro atoms. The normalized spacial score (nSPS) is 33.7. The topological polar surface area (TPSA) is 63.3 Å². The van der Waals surface area contributed by atoms with Crippen LogP contribution in [0.15, 0.2) is 24.3 Å². The predicted octanol–water partition coefficient (Wildman–Crippen LogP) is 0.569. The van der Waals surface area contributed by atoms with Crippen molar-refractivity contribution >= 4 is 25.2 Å². The highest BCUT2D eigenvalue weighted by Crippen LogP contribution is 2.38. The standard InChI is InChI=1S/C12H15BClNO2/c13-12(17)7-3-6-11(15,10(12)16)8-4-1-2-5-9(8)14/h1-2,4-5,17H,3,6-7,13,15H2. The third-order valence-electron chi connectivity index (χ3n) is 3.48. The van der Waals surface area contributed by atoms with E-state index in [-0.39, 0.29) is 5.78 Å². The van der Waals surface area contributed by atoms with Crippen molar-refractivity contribution in [3.8, 4) is 0 Å². The first-order chi connectivity index (χ1) is 7.88. The van der Waals surface area contributed by atoms with Crippen molar-refractivity contribution in [1.29, 1.82) is 0 Å². The second kappa shape index (κ2) is 4.12. The van der Waals surface area contributed by atoms with Gasteiger partial charge in [0.15, 0.2) is 13.6 Å². The maximum absolute atomic E-state index is 12.3. The second-order valence-corrected chi connectivity index (χ2v) is 5.31. The fraction of sp³-hybridized carbons (Fsp3) is 0.417. The van der Waals surface area contributed by atoms with Crippen LogP contribution in [0.1, 0.15) is 24.8 Å². The highest BCUT2D eigenvalue weighted by Gasteiger charge is 2.49. The van der Waals surface area contributed by atoms with Gasteiger partial charge in [-0.15, -0.1) is 0 Å². The zero-order valence-electron chi connectivity index (χ0n) is 9.74. The number of benzene rings is 1. The summed E-state index contributed by atoms with van der Waals surface area (Å²) in [5.41, 5.74) is 4.29. The number of halogens is 1. The summed E-state index contributed by atoms with van der Waals surface area (Å²) < 4.78 is 0. The molecule has 5 heteroatoms. The van der Waals surface area contributed by atoms with Gasteiger partial charge in [-0.05, 0) is 30.9 Å². The van der Waals surface area contributed by atoms with Gasteiger partial charge < -0.3 is 10.8 Å². The van der Waals surface area contributed by atoms with Gasteiger partial charge in [0.1, 0.15) is 5.54 Å². The van der Waals surface area contributed by atoms with Gasteiger partial charge in [-0.2, -0.15) is 0 Å². The monoisotopic (exact) mass is 251 g/mol. The minimum Gasteiger partial charge on any atom is -0.391 e. The van der Waals surface area contributed by atoms with E-state index in [1.807, 2.05) is 0 Å². The molecule has 0 radical (unpaired) electrons. The molecule has 0 bridgehead atoms. The Hall–Kier alpha value is -0.835. The Morgan fingerprint density at radius 2 is 2.00 bits per heavy atom. The number of aliphatic hydroxyl groups is 1. The van der Waals surface area contributed by atoms with Crippen LogP contribution < -0.4 is 5.73 Å². The number of ketones is 1. The van der Waals surface area contributed by atoms with Crippen LogP contribution in [0.25, 0.3) is 0 Å². The van der Waals surface area contributed by atoms with Crippen LogP contribution in [0.2, 0.25) is 5.02 Å². The van der Waals surface area contributed by atoms with Crippen molar-refractivity contribution in [3.63, 3.8) is 0 Å². The summed E-state index contributed by atoms with van der Waals surface area (Å²) in [6, 6.07) is 7.05. The van der Waals surface area contributed by atoms with E-state index in [0.717, 1.165) is 0 Å². The van der Waals surface area contributed by atoms with Crippen LogP contribution in [0.5, 0.6) is 0 Å². The van der Waals surface area contributed by atoms with Gasteiger partial charge >= 0.3 is 0 Å². The third-order valence-corrected chi connectivity index (χ3v) is 3.81. The summed E-state index contributed by atoms with van der Waals surface area (Å²) in [7, 11) is 1.52. The van der Waals surface area contributed by atoms with Crippen LogP contribution in [-0.4, -0.2) is 24.2 Å². The molecule has 1 fully saturated rings. The molecule has 17 heavy (non-hydrogen) atoms. The Morgan fingerprint density at radius 3 is 2.65 bits per heavy atom. The van der Waals surface area contributed by atoms with E-state index < -0.39 is 11.0 Å².